The molecule has 232 valence electrons. The fourth-order valence-electron chi connectivity index (χ4n) is 9.10. The Hall–Kier alpha value is -6.52. The molecule has 0 bridgehead atoms. The molecular weight excluding hydrogens is 609 g/mol. The van der Waals surface area contributed by atoms with Crippen LogP contribution < -0.4 is 0 Å². The van der Waals surface area contributed by atoms with Crippen molar-refractivity contribution < 1.29 is 0 Å². The molecule has 1 aliphatic carbocycles. The maximum absolute atomic E-state index is 5.58. The van der Waals surface area contributed by atoms with Gasteiger partial charge in [-0.1, -0.05) is 127 Å². The van der Waals surface area contributed by atoms with Crippen molar-refractivity contribution in [3.8, 4) is 17.2 Å². The molecule has 50 heavy (non-hydrogen) atoms. The summed E-state index contributed by atoms with van der Waals surface area (Å²) in [6, 6.07) is 48.5. The van der Waals surface area contributed by atoms with Gasteiger partial charge in [0.2, 0.25) is 5.95 Å². The smallest absolute Gasteiger partial charge is 0.235 e. The molecule has 0 N–H and O–H groups in total. The van der Waals surface area contributed by atoms with Crippen LogP contribution in [0.5, 0.6) is 0 Å². The number of benzene rings is 7. The van der Waals surface area contributed by atoms with E-state index in [1.165, 1.54) is 70.8 Å². The van der Waals surface area contributed by atoms with E-state index >= 15 is 0 Å². The fourth-order valence-corrected chi connectivity index (χ4v) is 9.10. The van der Waals surface area contributed by atoms with Crippen LogP contribution in [0.4, 0.5) is 0 Å². The van der Waals surface area contributed by atoms with Crippen LogP contribution in [0.1, 0.15) is 17.5 Å². The number of allylic oxidation sites excluding steroid dienone is 1. The van der Waals surface area contributed by atoms with Gasteiger partial charge in [-0.05, 0) is 52.9 Å². The van der Waals surface area contributed by atoms with Crippen molar-refractivity contribution in [2.24, 2.45) is 0 Å². The number of aromatic nitrogens is 4. The van der Waals surface area contributed by atoms with Gasteiger partial charge in [-0.25, -0.2) is 9.97 Å². The van der Waals surface area contributed by atoms with Gasteiger partial charge in [0.05, 0.1) is 38.8 Å². The zero-order chi connectivity index (χ0) is 32.5. The molecule has 4 aromatic heterocycles. The van der Waals surface area contributed by atoms with Crippen LogP contribution in [0.3, 0.4) is 0 Å². The average Bonchev–Trinajstić information content (AvgIpc) is 3.83. The second-order valence-corrected chi connectivity index (χ2v) is 13.6. The van der Waals surface area contributed by atoms with Crippen molar-refractivity contribution in [2.75, 3.05) is 0 Å². The Morgan fingerprint density at radius 1 is 0.480 bits per heavy atom. The number of rotatable bonds is 2. The molecular formula is C46H28N4. The number of hydrogen-bond acceptors (Lipinski definition) is 2. The van der Waals surface area contributed by atoms with Gasteiger partial charge >= 0.3 is 0 Å². The molecule has 12 rings (SSSR count). The summed E-state index contributed by atoms with van der Waals surface area (Å²) in [5.41, 5.74) is 11.6. The summed E-state index contributed by atoms with van der Waals surface area (Å²) in [5.74, 6) is 0.684. The van der Waals surface area contributed by atoms with E-state index in [-0.39, 0.29) is 0 Å². The van der Waals surface area contributed by atoms with Gasteiger partial charge in [-0.2, -0.15) is 0 Å². The summed E-state index contributed by atoms with van der Waals surface area (Å²) in [6.45, 7) is 0. The molecule has 0 aliphatic heterocycles. The van der Waals surface area contributed by atoms with Gasteiger partial charge in [0.15, 0.2) is 0 Å². The standard InChI is InChI=1S/C46H28N4/c1-2-15-28-27(13-1)14-11-21-32(28)42-34-19-5-8-24-37(34)47-46(48-42)50-39-26-10-7-20-35(39)40-30-17-3-4-18-31(30)41-36-23-12-22-33-29-16-6-9-25-38(29)49(43(33)36)44(41)45(40)50/h2-12,14-26H,1,13H2. The van der Waals surface area contributed by atoms with Crippen LogP contribution in [-0.4, -0.2) is 18.9 Å². The normalized spacial score (nSPS) is 13.4. The topological polar surface area (TPSA) is 35.1 Å². The van der Waals surface area contributed by atoms with Gasteiger partial charge in [0.25, 0.3) is 0 Å². The van der Waals surface area contributed by atoms with Crippen molar-refractivity contribution in [3.05, 3.63) is 151 Å². The minimum Gasteiger partial charge on any atom is -0.306 e. The zero-order valence-electron chi connectivity index (χ0n) is 27.1. The first-order valence-corrected chi connectivity index (χ1v) is 17.4. The Kier molecular flexibility index (Phi) is 5.05. The first kappa shape index (κ1) is 26.4. The maximum atomic E-state index is 5.58. The number of hydrogen-bond donors (Lipinski definition) is 0. The van der Waals surface area contributed by atoms with Crippen molar-refractivity contribution in [2.45, 2.75) is 12.8 Å². The second-order valence-electron chi connectivity index (χ2n) is 13.6. The molecule has 0 amide bonds. The molecule has 0 unspecified atom stereocenters. The van der Waals surface area contributed by atoms with E-state index in [0.29, 0.717) is 5.95 Å². The summed E-state index contributed by atoms with van der Waals surface area (Å²) >= 11 is 0. The Labute approximate surface area is 286 Å². The quantitative estimate of drug-likeness (QED) is 0.189. The molecule has 4 heterocycles. The lowest BCUT2D eigenvalue weighted by Crippen LogP contribution is -2.05. The van der Waals surface area contributed by atoms with E-state index in [0.717, 1.165) is 46.0 Å². The molecule has 4 nitrogen and oxygen atoms in total. The van der Waals surface area contributed by atoms with Gasteiger partial charge < -0.3 is 4.40 Å². The number of para-hydroxylation sites is 4. The Morgan fingerprint density at radius 3 is 2.00 bits per heavy atom. The lowest BCUT2D eigenvalue weighted by molar-refractivity contribution is 0.983. The van der Waals surface area contributed by atoms with Crippen molar-refractivity contribution in [1.29, 1.82) is 0 Å². The lowest BCUT2D eigenvalue weighted by atomic mass is 9.91. The average molecular weight is 637 g/mol. The first-order chi connectivity index (χ1) is 24.8. The SMILES string of the molecule is C1=Cc2c(cccc2-c2nc(-n3c4ccccc4c4c5ccccc5c5c6cccc7c8ccccc8n(c76)c5c43)nc3ccccc23)CC1. The predicted octanol–water partition coefficient (Wildman–Crippen LogP) is 11.7. The third kappa shape index (κ3) is 3.26. The number of nitrogens with zero attached hydrogens (tertiary/aromatic N) is 4. The molecule has 0 spiro atoms. The van der Waals surface area contributed by atoms with Crippen LogP contribution in [0.15, 0.2) is 140 Å². The first-order valence-electron chi connectivity index (χ1n) is 17.4. The number of aryl methyl sites for hydroxylation is 1. The van der Waals surface area contributed by atoms with E-state index in [1.807, 2.05) is 0 Å². The Morgan fingerprint density at radius 2 is 1.14 bits per heavy atom. The van der Waals surface area contributed by atoms with E-state index in [1.54, 1.807) is 0 Å². The highest BCUT2D eigenvalue weighted by Crippen LogP contribution is 2.48. The van der Waals surface area contributed by atoms with E-state index in [4.69, 9.17) is 9.97 Å². The zero-order valence-corrected chi connectivity index (χ0v) is 27.1. The second kappa shape index (κ2) is 9.55. The van der Waals surface area contributed by atoms with Crippen LogP contribution in [0, 0.1) is 0 Å². The van der Waals surface area contributed by atoms with E-state index in [2.05, 4.69) is 155 Å². The van der Waals surface area contributed by atoms with E-state index < -0.39 is 0 Å². The molecule has 7 aromatic carbocycles. The van der Waals surface area contributed by atoms with Crippen LogP contribution >= 0.6 is 0 Å². The largest absolute Gasteiger partial charge is 0.306 e. The van der Waals surface area contributed by atoms with Gasteiger partial charge in [-0.15, -0.1) is 0 Å². The predicted molar refractivity (Wildman–Crippen MR) is 209 cm³/mol. The summed E-state index contributed by atoms with van der Waals surface area (Å²) in [7, 11) is 0. The van der Waals surface area contributed by atoms with Crippen LogP contribution in [-0.2, 0) is 6.42 Å². The van der Waals surface area contributed by atoms with Crippen molar-refractivity contribution in [3.63, 3.8) is 0 Å². The molecule has 0 radical (unpaired) electrons. The molecule has 1 aliphatic rings. The molecule has 0 atom stereocenters. The highest BCUT2D eigenvalue weighted by Gasteiger charge is 2.27. The maximum Gasteiger partial charge on any atom is 0.235 e. The summed E-state index contributed by atoms with van der Waals surface area (Å²) in [5, 5.41) is 11.1. The van der Waals surface area contributed by atoms with Gasteiger partial charge in [0.1, 0.15) is 0 Å². The minimum atomic E-state index is 0.684. The van der Waals surface area contributed by atoms with E-state index in [9.17, 15) is 0 Å². The fraction of sp³-hybridized carbons (Fsp3) is 0.0435. The molecule has 11 aromatic rings. The van der Waals surface area contributed by atoms with Gasteiger partial charge in [-0.3, -0.25) is 4.57 Å². The molecule has 0 saturated carbocycles. The monoisotopic (exact) mass is 636 g/mol. The summed E-state index contributed by atoms with van der Waals surface area (Å²) < 4.78 is 4.86. The third-order valence-electron chi connectivity index (χ3n) is 11.1. The third-order valence-corrected chi connectivity index (χ3v) is 11.1. The van der Waals surface area contributed by atoms with Gasteiger partial charge in [0, 0.05) is 43.3 Å². The highest BCUT2D eigenvalue weighted by molar-refractivity contribution is 6.38. The molecule has 4 heteroatoms. The number of fused-ring (bicyclic) bond motifs is 15. The minimum absolute atomic E-state index is 0.684. The van der Waals surface area contributed by atoms with Crippen molar-refractivity contribution in [1.82, 2.24) is 18.9 Å². The highest BCUT2D eigenvalue weighted by atomic mass is 15.2. The summed E-state index contributed by atoms with van der Waals surface area (Å²) in [6.07, 6.45) is 6.68. The Bertz CT molecular complexity index is 3260. The Balaban J connectivity index is 1.34. The van der Waals surface area contributed by atoms with Crippen molar-refractivity contribution >= 4 is 87.7 Å². The lowest BCUT2D eigenvalue weighted by Gasteiger charge is -2.17. The molecule has 0 fully saturated rings. The summed E-state index contributed by atoms with van der Waals surface area (Å²) in [4.78, 5) is 11.0. The van der Waals surface area contributed by atoms with Crippen LogP contribution in [0.2, 0.25) is 0 Å². The molecule has 0 saturated heterocycles. The van der Waals surface area contributed by atoms with Crippen LogP contribution in [0.25, 0.3) is 105 Å².